The normalized spacial score (nSPS) is 17.5. The van der Waals surface area contributed by atoms with E-state index in [1.165, 1.54) is 58.3 Å². The van der Waals surface area contributed by atoms with E-state index in [0.717, 1.165) is 6.54 Å². The highest BCUT2D eigenvalue weighted by Gasteiger charge is 2.07. The highest BCUT2D eigenvalue weighted by molar-refractivity contribution is 5.03. The molecule has 2 heteroatoms. The maximum atomic E-state index is 3.38. The molecule has 0 aromatic rings. The minimum Gasteiger partial charge on any atom is -0.317 e. The molecular formula is C14H28N2. The molecule has 1 N–H and O–H groups in total. The van der Waals surface area contributed by atoms with Crippen molar-refractivity contribution >= 4 is 0 Å². The number of unbranched alkanes of at least 4 members (excludes halogenated alkanes) is 3. The fourth-order valence-corrected chi connectivity index (χ4v) is 2.13. The van der Waals surface area contributed by atoms with Gasteiger partial charge in [-0.3, -0.25) is 4.90 Å². The van der Waals surface area contributed by atoms with Crippen LogP contribution in [0.2, 0.25) is 0 Å². The third-order valence-corrected chi connectivity index (χ3v) is 3.35. The Hall–Kier alpha value is -0.340. The summed E-state index contributed by atoms with van der Waals surface area (Å²) in [5.41, 5.74) is 1.57. The van der Waals surface area contributed by atoms with Crippen LogP contribution in [0.4, 0.5) is 0 Å². The van der Waals surface area contributed by atoms with Crippen LogP contribution in [0.5, 0.6) is 0 Å². The Kier molecular flexibility index (Phi) is 7.52. The summed E-state index contributed by atoms with van der Waals surface area (Å²) in [6.45, 7) is 10.5. The van der Waals surface area contributed by atoms with Crippen molar-refractivity contribution in [2.75, 3.05) is 32.7 Å². The van der Waals surface area contributed by atoms with Crippen LogP contribution in [0.25, 0.3) is 0 Å². The molecule has 0 aliphatic carbocycles. The van der Waals surface area contributed by atoms with E-state index in [9.17, 15) is 0 Å². The predicted octanol–water partition coefficient (Wildman–Crippen LogP) is 2.81. The van der Waals surface area contributed by atoms with E-state index in [-0.39, 0.29) is 0 Å². The van der Waals surface area contributed by atoms with Gasteiger partial charge >= 0.3 is 0 Å². The fraction of sp³-hybridized carbons (Fsp3) is 0.857. The summed E-state index contributed by atoms with van der Waals surface area (Å²) in [7, 11) is 0. The van der Waals surface area contributed by atoms with Crippen molar-refractivity contribution in [3.8, 4) is 0 Å². The lowest BCUT2D eigenvalue weighted by atomic mass is 10.1. The van der Waals surface area contributed by atoms with Crippen LogP contribution in [-0.4, -0.2) is 37.6 Å². The molecule has 0 saturated heterocycles. The van der Waals surface area contributed by atoms with Crippen LogP contribution in [0.3, 0.4) is 0 Å². The Morgan fingerprint density at radius 2 is 2.06 bits per heavy atom. The number of nitrogens with zero attached hydrogens (tertiary/aromatic N) is 1. The Morgan fingerprint density at radius 3 is 2.75 bits per heavy atom. The quantitative estimate of drug-likeness (QED) is 0.504. The predicted molar refractivity (Wildman–Crippen MR) is 71.8 cm³/mol. The van der Waals surface area contributed by atoms with Gasteiger partial charge in [-0.25, -0.2) is 0 Å². The van der Waals surface area contributed by atoms with E-state index in [1.54, 1.807) is 5.57 Å². The molecule has 0 unspecified atom stereocenters. The Bertz CT molecular complexity index is 199. The van der Waals surface area contributed by atoms with Crippen LogP contribution in [0.15, 0.2) is 11.6 Å². The van der Waals surface area contributed by atoms with Crippen molar-refractivity contribution in [3.05, 3.63) is 11.6 Å². The summed E-state index contributed by atoms with van der Waals surface area (Å²) in [5.74, 6) is 0. The minimum atomic E-state index is 1.11. The van der Waals surface area contributed by atoms with Gasteiger partial charge in [0, 0.05) is 13.1 Å². The number of rotatable bonds is 8. The average molecular weight is 224 g/mol. The van der Waals surface area contributed by atoms with Gasteiger partial charge in [0.2, 0.25) is 0 Å². The first-order valence-corrected chi connectivity index (χ1v) is 6.91. The topological polar surface area (TPSA) is 15.3 Å². The maximum Gasteiger partial charge on any atom is 0.0165 e. The van der Waals surface area contributed by atoms with Crippen molar-refractivity contribution in [2.45, 2.75) is 46.0 Å². The number of nitrogens with one attached hydrogen (secondary N) is 1. The molecule has 2 nitrogen and oxygen atoms in total. The largest absolute Gasteiger partial charge is 0.317 e. The lowest BCUT2D eigenvalue weighted by Gasteiger charge is -2.25. The van der Waals surface area contributed by atoms with Gasteiger partial charge in [-0.1, -0.05) is 31.4 Å². The molecule has 1 aliphatic heterocycles. The van der Waals surface area contributed by atoms with E-state index >= 15 is 0 Å². The third-order valence-electron chi connectivity index (χ3n) is 3.35. The van der Waals surface area contributed by atoms with Crippen molar-refractivity contribution in [2.24, 2.45) is 0 Å². The van der Waals surface area contributed by atoms with E-state index in [4.69, 9.17) is 0 Å². The van der Waals surface area contributed by atoms with Gasteiger partial charge in [0.05, 0.1) is 0 Å². The summed E-state index contributed by atoms with van der Waals surface area (Å²) in [5, 5.41) is 3.38. The zero-order chi connectivity index (χ0) is 11.6. The molecule has 0 amide bonds. The molecule has 0 aromatic carbocycles. The first kappa shape index (κ1) is 13.7. The fourth-order valence-electron chi connectivity index (χ4n) is 2.13. The lowest BCUT2D eigenvalue weighted by Crippen LogP contribution is -2.29. The molecule has 0 saturated carbocycles. The molecule has 0 fully saturated rings. The Morgan fingerprint density at radius 1 is 1.25 bits per heavy atom. The molecule has 16 heavy (non-hydrogen) atoms. The van der Waals surface area contributed by atoms with Gasteiger partial charge in [-0.05, 0) is 45.8 Å². The molecule has 1 aliphatic rings. The van der Waals surface area contributed by atoms with Gasteiger partial charge in [-0.15, -0.1) is 0 Å². The molecule has 0 aromatic heterocycles. The van der Waals surface area contributed by atoms with Crippen molar-refractivity contribution in [3.63, 3.8) is 0 Å². The average Bonchev–Trinajstić information content (AvgIpc) is 2.30. The summed E-state index contributed by atoms with van der Waals surface area (Å²) >= 11 is 0. The third kappa shape index (κ3) is 6.29. The SMILES string of the molecule is CCNCCCCCCN1CC=C(C)CC1. The summed E-state index contributed by atoms with van der Waals surface area (Å²) in [6.07, 6.45) is 9.15. The van der Waals surface area contributed by atoms with Crippen LogP contribution >= 0.6 is 0 Å². The van der Waals surface area contributed by atoms with Gasteiger partial charge in [0.25, 0.3) is 0 Å². The standard InChI is InChI=1S/C14H28N2/c1-3-15-10-6-4-5-7-11-16-12-8-14(2)9-13-16/h8,15H,3-7,9-13H2,1-2H3. The molecule has 0 atom stereocenters. The van der Waals surface area contributed by atoms with Crippen molar-refractivity contribution in [1.29, 1.82) is 0 Å². The molecule has 0 spiro atoms. The van der Waals surface area contributed by atoms with Crippen LogP contribution < -0.4 is 5.32 Å². The molecule has 0 bridgehead atoms. The van der Waals surface area contributed by atoms with E-state index in [1.807, 2.05) is 0 Å². The second-order valence-electron chi connectivity index (χ2n) is 4.87. The highest BCUT2D eigenvalue weighted by Crippen LogP contribution is 2.10. The van der Waals surface area contributed by atoms with Crippen molar-refractivity contribution < 1.29 is 0 Å². The van der Waals surface area contributed by atoms with E-state index in [2.05, 4.69) is 30.1 Å². The summed E-state index contributed by atoms with van der Waals surface area (Å²) in [6, 6.07) is 0. The number of hydrogen-bond acceptors (Lipinski definition) is 2. The monoisotopic (exact) mass is 224 g/mol. The Labute approximate surface area is 101 Å². The van der Waals surface area contributed by atoms with Crippen LogP contribution in [-0.2, 0) is 0 Å². The summed E-state index contributed by atoms with van der Waals surface area (Å²) in [4.78, 5) is 2.58. The molecule has 94 valence electrons. The Balaban J connectivity index is 1.88. The van der Waals surface area contributed by atoms with Gasteiger partial charge < -0.3 is 5.32 Å². The van der Waals surface area contributed by atoms with Crippen LogP contribution in [0, 0.1) is 0 Å². The zero-order valence-corrected chi connectivity index (χ0v) is 11.1. The van der Waals surface area contributed by atoms with E-state index < -0.39 is 0 Å². The maximum absolute atomic E-state index is 3.38. The smallest absolute Gasteiger partial charge is 0.0165 e. The van der Waals surface area contributed by atoms with Crippen molar-refractivity contribution in [1.82, 2.24) is 10.2 Å². The van der Waals surface area contributed by atoms with Gasteiger partial charge in [0.1, 0.15) is 0 Å². The van der Waals surface area contributed by atoms with Crippen LogP contribution in [0.1, 0.15) is 46.0 Å². The molecule has 0 radical (unpaired) electrons. The second kappa shape index (κ2) is 8.77. The number of hydrogen-bond donors (Lipinski definition) is 1. The lowest BCUT2D eigenvalue weighted by molar-refractivity contribution is 0.286. The molecule has 1 rings (SSSR count). The van der Waals surface area contributed by atoms with Gasteiger partial charge in [0.15, 0.2) is 0 Å². The molecular weight excluding hydrogens is 196 g/mol. The zero-order valence-electron chi connectivity index (χ0n) is 11.1. The summed E-state index contributed by atoms with van der Waals surface area (Å²) < 4.78 is 0. The van der Waals surface area contributed by atoms with Gasteiger partial charge in [-0.2, -0.15) is 0 Å². The minimum absolute atomic E-state index is 1.11. The molecule has 1 heterocycles. The second-order valence-corrected chi connectivity index (χ2v) is 4.87. The highest BCUT2D eigenvalue weighted by atomic mass is 15.1. The van der Waals surface area contributed by atoms with E-state index in [0.29, 0.717) is 0 Å². The first-order chi connectivity index (χ1) is 7.83. The first-order valence-electron chi connectivity index (χ1n) is 6.91.